The van der Waals surface area contributed by atoms with Crippen LogP contribution < -0.4 is 25.0 Å². The molecule has 2 amide bonds. The van der Waals surface area contributed by atoms with E-state index in [4.69, 9.17) is 25.8 Å². The summed E-state index contributed by atoms with van der Waals surface area (Å²) in [6, 6.07) is 18.0. The molecule has 0 bridgehead atoms. The number of hydrogen-bond acceptors (Lipinski definition) is 6. The summed E-state index contributed by atoms with van der Waals surface area (Å²) < 4.78 is 17.2. The number of rotatable bonds is 13. The van der Waals surface area contributed by atoms with Crippen molar-refractivity contribution in [2.45, 2.75) is 26.4 Å². The third-order valence-corrected chi connectivity index (χ3v) is 5.62. The standard InChI is InChI=1S/C29H30ClN3O5/c1-4-10-21-15-20(16-26(37-5-2)29(21)38-19-22-11-6-7-12-23(22)30)18-31-33-28(35)17-27(34)32-24-13-8-9-14-25(24)36-3/h4,6-9,11-16,18H,1,5,10,17,19H2,2-3H3,(H,32,34)(H,33,35). The van der Waals surface area contributed by atoms with Gasteiger partial charge in [0.25, 0.3) is 0 Å². The van der Waals surface area contributed by atoms with E-state index in [0.717, 1.165) is 11.1 Å². The number of carbonyl (C=O) groups is 2. The van der Waals surface area contributed by atoms with Gasteiger partial charge in [-0.3, -0.25) is 9.59 Å². The van der Waals surface area contributed by atoms with Crippen LogP contribution in [0.15, 0.2) is 78.4 Å². The van der Waals surface area contributed by atoms with Crippen LogP contribution in [0.25, 0.3) is 0 Å². The Morgan fingerprint density at radius 2 is 1.76 bits per heavy atom. The van der Waals surface area contributed by atoms with Gasteiger partial charge in [0.15, 0.2) is 11.5 Å². The quantitative estimate of drug-likeness (QED) is 0.130. The molecule has 0 aliphatic carbocycles. The largest absolute Gasteiger partial charge is 0.495 e. The van der Waals surface area contributed by atoms with E-state index in [2.05, 4.69) is 22.4 Å². The van der Waals surface area contributed by atoms with Crippen molar-refractivity contribution in [2.24, 2.45) is 5.10 Å². The number of benzene rings is 3. The number of halogens is 1. The molecular weight excluding hydrogens is 506 g/mol. The zero-order chi connectivity index (χ0) is 27.3. The maximum Gasteiger partial charge on any atom is 0.249 e. The van der Waals surface area contributed by atoms with Crippen molar-refractivity contribution in [2.75, 3.05) is 19.0 Å². The second-order valence-electron chi connectivity index (χ2n) is 8.03. The average molecular weight is 536 g/mol. The molecule has 0 aliphatic heterocycles. The lowest BCUT2D eigenvalue weighted by atomic mass is 10.1. The van der Waals surface area contributed by atoms with Crippen LogP contribution in [-0.2, 0) is 22.6 Å². The predicted octanol–water partition coefficient (Wildman–Crippen LogP) is 5.53. The van der Waals surface area contributed by atoms with Crippen LogP contribution in [0, 0.1) is 0 Å². The summed E-state index contributed by atoms with van der Waals surface area (Å²) >= 11 is 6.28. The summed E-state index contributed by atoms with van der Waals surface area (Å²) in [6.07, 6.45) is 3.35. The molecule has 198 valence electrons. The van der Waals surface area contributed by atoms with Gasteiger partial charge < -0.3 is 19.5 Å². The molecule has 0 saturated carbocycles. The first kappa shape index (κ1) is 28.3. The number of methoxy groups -OCH3 is 1. The summed E-state index contributed by atoms with van der Waals surface area (Å²) in [5.74, 6) is 0.557. The normalized spacial score (nSPS) is 10.6. The van der Waals surface area contributed by atoms with Crippen LogP contribution in [0.4, 0.5) is 5.69 Å². The number of allylic oxidation sites excluding steroid dienone is 1. The zero-order valence-corrected chi connectivity index (χ0v) is 22.1. The van der Waals surface area contributed by atoms with Gasteiger partial charge in [-0.15, -0.1) is 6.58 Å². The average Bonchev–Trinajstić information content (AvgIpc) is 2.89. The highest BCUT2D eigenvalue weighted by Gasteiger charge is 2.15. The lowest BCUT2D eigenvalue weighted by Crippen LogP contribution is -2.24. The van der Waals surface area contributed by atoms with Crippen LogP contribution in [0.3, 0.4) is 0 Å². The molecule has 0 aromatic heterocycles. The topological polar surface area (TPSA) is 98.3 Å². The molecule has 2 N–H and O–H groups in total. The van der Waals surface area contributed by atoms with Crippen molar-refractivity contribution in [3.05, 3.63) is 95.0 Å². The predicted molar refractivity (Wildman–Crippen MR) is 149 cm³/mol. The molecule has 9 heteroatoms. The minimum atomic E-state index is -0.565. The highest BCUT2D eigenvalue weighted by molar-refractivity contribution is 6.31. The third-order valence-electron chi connectivity index (χ3n) is 5.25. The van der Waals surface area contributed by atoms with E-state index in [1.807, 2.05) is 37.3 Å². The van der Waals surface area contributed by atoms with Gasteiger partial charge in [-0.2, -0.15) is 5.10 Å². The van der Waals surface area contributed by atoms with Gasteiger partial charge >= 0.3 is 0 Å². The number of carbonyl (C=O) groups excluding carboxylic acids is 2. The molecular formula is C29H30ClN3O5. The summed E-state index contributed by atoms with van der Waals surface area (Å²) in [5.41, 5.74) is 5.22. The number of anilines is 1. The number of hydrogen-bond donors (Lipinski definition) is 2. The summed E-state index contributed by atoms with van der Waals surface area (Å²) in [7, 11) is 1.50. The SMILES string of the molecule is C=CCc1cc(C=NNC(=O)CC(=O)Nc2ccccc2OC)cc(OCC)c1OCc1ccccc1Cl. The van der Waals surface area contributed by atoms with E-state index in [1.54, 1.807) is 36.4 Å². The van der Waals surface area contributed by atoms with Crippen molar-refractivity contribution >= 4 is 35.3 Å². The summed E-state index contributed by atoms with van der Waals surface area (Å²) in [4.78, 5) is 24.5. The van der Waals surface area contributed by atoms with Gasteiger partial charge in [-0.05, 0) is 49.2 Å². The van der Waals surface area contributed by atoms with Crippen molar-refractivity contribution in [1.82, 2.24) is 5.43 Å². The highest BCUT2D eigenvalue weighted by Crippen LogP contribution is 2.34. The fourth-order valence-electron chi connectivity index (χ4n) is 3.56. The second-order valence-corrected chi connectivity index (χ2v) is 8.44. The number of ether oxygens (including phenoxy) is 3. The first-order chi connectivity index (χ1) is 18.4. The number of nitrogens with zero attached hydrogens (tertiary/aromatic N) is 1. The van der Waals surface area contributed by atoms with Crippen LogP contribution in [0.5, 0.6) is 17.2 Å². The van der Waals surface area contributed by atoms with E-state index in [9.17, 15) is 9.59 Å². The van der Waals surface area contributed by atoms with Crippen LogP contribution in [-0.4, -0.2) is 31.7 Å². The van der Waals surface area contributed by atoms with Crippen LogP contribution >= 0.6 is 11.6 Å². The van der Waals surface area contributed by atoms with Gasteiger partial charge in [-0.25, -0.2) is 5.43 Å². The van der Waals surface area contributed by atoms with Gasteiger partial charge in [0, 0.05) is 16.1 Å². The highest BCUT2D eigenvalue weighted by atomic mass is 35.5. The van der Waals surface area contributed by atoms with E-state index < -0.39 is 18.2 Å². The second kappa shape index (κ2) is 14.4. The molecule has 0 spiro atoms. The van der Waals surface area contributed by atoms with Gasteiger partial charge in [-0.1, -0.05) is 48.0 Å². The Labute approximate surface area is 227 Å². The van der Waals surface area contributed by atoms with Gasteiger partial charge in [0.1, 0.15) is 18.8 Å². The maximum atomic E-state index is 12.3. The minimum Gasteiger partial charge on any atom is -0.495 e. The molecule has 0 heterocycles. The van der Waals surface area contributed by atoms with Gasteiger partial charge in [0.05, 0.1) is 25.6 Å². The Morgan fingerprint density at radius 3 is 2.50 bits per heavy atom. The van der Waals surface area contributed by atoms with E-state index in [1.165, 1.54) is 13.3 Å². The van der Waals surface area contributed by atoms with Crippen LogP contribution in [0.1, 0.15) is 30.0 Å². The maximum absolute atomic E-state index is 12.3. The van der Waals surface area contributed by atoms with E-state index in [0.29, 0.717) is 46.5 Å². The van der Waals surface area contributed by atoms with Crippen molar-refractivity contribution in [1.29, 1.82) is 0 Å². The smallest absolute Gasteiger partial charge is 0.249 e. The molecule has 3 rings (SSSR count). The Kier molecular flexibility index (Phi) is 10.7. The molecule has 0 aliphatic rings. The third kappa shape index (κ3) is 8.11. The van der Waals surface area contributed by atoms with Gasteiger partial charge in [0.2, 0.25) is 11.8 Å². The Hall–Kier alpha value is -4.30. The lowest BCUT2D eigenvalue weighted by Gasteiger charge is -2.17. The molecule has 8 nitrogen and oxygen atoms in total. The zero-order valence-electron chi connectivity index (χ0n) is 21.3. The molecule has 3 aromatic rings. The Morgan fingerprint density at radius 1 is 1.00 bits per heavy atom. The Balaban J connectivity index is 1.68. The summed E-state index contributed by atoms with van der Waals surface area (Å²) in [5, 5.41) is 7.27. The number of hydrazone groups is 1. The first-order valence-electron chi connectivity index (χ1n) is 12.0. The molecule has 38 heavy (non-hydrogen) atoms. The molecule has 0 atom stereocenters. The van der Waals surface area contributed by atoms with Crippen molar-refractivity contribution in [3.8, 4) is 17.2 Å². The number of para-hydroxylation sites is 2. The minimum absolute atomic E-state index is 0.268. The first-order valence-corrected chi connectivity index (χ1v) is 12.3. The summed E-state index contributed by atoms with van der Waals surface area (Å²) in [6.45, 7) is 6.41. The van der Waals surface area contributed by atoms with E-state index in [-0.39, 0.29) is 6.61 Å². The van der Waals surface area contributed by atoms with Crippen molar-refractivity contribution in [3.63, 3.8) is 0 Å². The van der Waals surface area contributed by atoms with E-state index >= 15 is 0 Å². The Bertz CT molecular complexity index is 1310. The number of amides is 2. The fourth-order valence-corrected chi connectivity index (χ4v) is 3.75. The fraction of sp³-hybridized carbons (Fsp3) is 0.207. The molecule has 0 fully saturated rings. The van der Waals surface area contributed by atoms with Crippen molar-refractivity contribution < 1.29 is 23.8 Å². The molecule has 0 saturated heterocycles. The monoisotopic (exact) mass is 535 g/mol. The molecule has 0 radical (unpaired) electrons. The molecule has 3 aromatic carbocycles. The lowest BCUT2D eigenvalue weighted by molar-refractivity contribution is -0.126. The number of nitrogens with one attached hydrogen (secondary N) is 2. The molecule has 0 unspecified atom stereocenters. The van der Waals surface area contributed by atoms with Crippen LogP contribution in [0.2, 0.25) is 5.02 Å².